The highest BCUT2D eigenvalue weighted by atomic mass is 127. The molecule has 0 atom stereocenters. The Morgan fingerprint density at radius 2 is 0.829 bits per heavy atom. The van der Waals surface area contributed by atoms with E-state index in [0.29, 0.717) is 12.1 Å². The zero-order chi connectivity index (χ0) is 58.4. The molecule has 0 aromatic heterocycles. The first-order valence-electron chi connectivity index (χ1n) is 22.4. The predicted octanol–water partition coefficient (Wildman–Crippen LogP) is 9.59. The molecule has 15 nitrogen and oxygen atoms in total. The average molecular weight is 1220 g/mol. The van der Waals surface area contributed by atoms with Gasteiger partial charge in [-0.2, -0.15) is 10.5 Å². The van der Waals surface area contributed by atoms with Gasteiger partial charge in [-0.15, -0.1) is 0 Å². The zero-order valence-electron chi connectivity index (χ0n) is 44.3. The van der Waals surface area contributed by atoms with Crippen molar-refractivity contribution < 1.29 is 106 Å². The molecule has 25 heteroatoms. The van der Waals surface area contributed by atoms with Gasteiger partial charge in [-0.25, -0.2) is 49.5 Å². The van der Waals surface area contributed by atoms with E-state index in [9.17, 15) is 49.5 Å². The van der Waals surface area contributed by atoms with Crippen LogP contribution in [0.3, 0.4) is 0 Å². The fourth-order valence-corrected chi connectivity index (χ4v) is 4.67. The highest BCUT2D eigenvalue weighted by molar-refractivity contribution is 14.1. The number of halogens is 10. The summed E-state index contributed by atoms with van der Waals surface area (Å²) in [7, 11) is 0. The van der Waals surface area contributed by atoms with Crippen LogP contribution in [0, 0.1) is 69.2 Å². The average Bonchev–Trinajstić information content (AvgIpc) is 3.27. The van der Waals surface area contributed by atoms with Crippen LogP contribution in [0.1, 0.15) is 112 Å². The number of rotatable bonds is 9. The van der Waals surface area contributed by atoms with Crippen LogP contribution in [-0.2, 0) is 32.0 Å². The molecule has 0 bridgehead atoms. The van der Waals surface area contributed by atoms with Crippen molar-refractivity contribution in [3.63, 3.8) is 0 Å². The van der Waals surface area contributed by atoms with Gasteiger partial charge in [0.25, 0.3) is 0 Å². The number of aromatic hydroxyl groups is 1. The van der Waals surface area contributed by atoms with E-state index in [1.165, 1.54) is 16.6 Å². The lowest BCUT2D eigenvalue weighted by molar-refractivity contribution is -0.386. The highest BCUT2D eigenvalue weighted by Crippen LogP contribution is 2.26. The van der Waals surface area contributed by atoms with Gasteiger partial charge in [0, 0.05) is 12.1 Å². The van der Waals surface area contributed by atoms with Crippen LogP contribution in [0.2, 0.25) is 0 Å². The fraction of sp³-hybridized carbons (Fsp3) is 0.431. The molecule has 76 heavy (non-hydrogen) atoms. The molecule has 0 aliphatic rings. The van der Waals surface area contributed by atoms with Gasteiger partial charge in [-0.1, -0.05) is 29.5 Å². The Bertz CT molecular complexity index is 2430. The first-order chi connectivity index (χ1) is 34.7. The number of phenolic OH excluding ortho intramolecular Hbond substituents is 1. The summed E-state index contributed by atoms with van der Waals surface area (Å²) in [5.41, 5.74) is 2.12. The lowest BCUT2D eigenvalue weighted by Gasteiger charge is -2.20. The number of quaternary nitrogens is 1. The van der Waals surface area contributed by atoms with Gasteiger partial charge < -0.3 is 61.7 Å². The lowest BCUT2D eigenvalue weighted by atomic mass is 10.2. The van der Waals surface area contributed by atoms with E-state index < -0.39 is 99.0 Å². The molecule has 0 unspecified atom stereocenters. The Morgan fingerprint density at radius 3 is 1.09 bits per heavy atom. The molecular weight excluding hydrogens is 1160 g/mol. The Labute approximate surface area is 457 Å². The molecule has 4 aromatic rings. The highest BCUT2D eigenvalue weighted by Gasteiger charge is 2.24. The van der Waals surface area contributed by atoms with E-state index >= 15 is 0 Å². The van der Waals surface area contributed by atoms with Crippen molar-refractivity contribution in [3.8, 4) is 35.1 Å². The molecule has 424 valence electrons. The molecule has 1 amide bonds. The quantitative estimate of drug-likeness (QED) is 0.0355. The van der Waals surface area contributed by atoms with E-state index in [-0.39, 0.29) is 61.2 Å². The minimum Gasteiger partial charge on any atom is -1.00 e. The molecule has 0 radical (unpaired) electrons. The smallest absolute Gasteiger partial charge is 0.519 e. The molecule has 0 aliphatic carbocycles. The molecule has 0 fully saturated rings. The number of amides is 1. The first kappa shape index (κ1) is 73.7. The molecule has 0 spiro atoms. The minimum absolute atomic E-state index is 0. The van der Waals surface area contributed by atoms with Crippen LogP contribution < -0.4 is 37.7 Å². The molecular formula is C51H64ClF8IN4O11. The number of nitrogens with zero attached hydrogens (tertiary/aromatic N) is 2. The van der Waals surface area contributed by atoms with Crippen LogP contribution in [0.4, 0.5) is 49.5 Å². The number of phenols is 1. The third-order valence-corrected chi connectivity index (χ3v) is 7.33. The number of nitriles is 2. The van der Waals surface area contributed by atoms with Crippen LogP contribution >= 0.6 is 22.6 Å². The van der Waals surface area contributed by atoms with E-state index in [1.54, 1.807) is 95.2 Å². The van der Waals surface area contributed by atoms with E-state index in [1.807, 2.05) is 0 Å². The number of carbonyl (C=O) groups excluding carboxylic acids is 3. The van der Waals surface area contributed by atoms with E-state index in [2.05, 4.69) is 45.3 Å². The van der Waals surface area contributed by atoms with Crippen molar-refractivity contribution in [3.05, 3.63) is 117 Å². The Kier molecular flexibility index (Phi) is 35.4. The second-order valence-corrected chi connectivity index (χ2v) is 18.8. The Morgan fingerprint density at radius 1 is 0.553 bits per heavy atom. The molecule has 0 aliphatic heterocycles. The normalized spacial score (nSPS) is 10.2. The minimum atomic E-state index is -1.12. The molecule has 4 aromatic carbocycles. The summed E-state index contributed by atoms with van der Waals surface area (Å²) in [5, 5.41) is 27.6. The lowest BCUT2D eigenvalue weighted by Crippen LogP contribution is -3.00. The Balaban J connectivity index is -0.000000873. The molecule has 0 heterocycles. The summed E-state index contributed by atoms with van der Waals surface area (Å²) in [6, 6.07) is 11.3. The second-order valence-electron chi connectivity index (χ2n) is 17.3. The van der Waals surface area contributed by atoms with Crippen molar-refractivity contribution in [1.82, 2.24) is 5.32 Å². The van der Waals surface area contributed by atoms with Gasteiger partial charge in [0.05, 0.1) is 49.6 Å². The molecule has 0 saturated carbocycles. The summed E-state index contributed by atoms with van der Waals surface area (Å²) in [6.45, 7) is 23.2. The summed E-state index contributed by atoms with van der Waals surface area (Å²) in [5.74, 6) is -9.07. The number of alkyl halides is 1. The second kappa shape index (κ2) is 36.5. The third-order valence-electron chi connectivity index (χ3n) is 7.33. The predicted molar refractivity (Wildman–Crippen MR) is 268 cm³/mol. The summed E-state index contributed by atoms with van der Waals surface area (Å²) < 4.78 is 138. The monoisotopic (exact) mass is 1220 g/mol. The van der Waals surface area contributed by atoms with Crippen LogP contribution in [0.15, 0.2) is 48.5 Å². The van der Waals surface area contributed by atoms with Crippen molar-refractivity contribution >= 4 is 41.0 Å². The van der Waals surface area contributed by atoms with Crippen molar-refractivity contribution in [2.75, 3.05) is 24.2 Å². The van der Waals surface area contributed by atoms with Gasteiger partial charge in [-0.05, 0) is 142 Å². The van der Waals surface area contributed by atoms with Crippen molar-refractivity contribution in [2.45, 2.75) is 120 Å². The largest absolute Gasteiger partial charge is 1.00 e. The molecule has 4 rings (SSSR count). The zero-order valence-corrected chi connectivity index (χ0v) is 47.2. The molecule has 0 saturated heterocycles. The maximum atomic E-state index is 13.6. The fourth-order valence-electron chi connectivity index (χ4n) is 4.67. The van der Waals surface area contributed by atoms with Gasteiger partial charge in [0.2, 0.25) is 0 Å². The maximum absolute atomic E-state index is 13.6. The first-order valence-corrected chi connectivity index (χ1v) is 24.0. The van der Waals surface area contributed by atoms with E-state index in [0.717, 1.165) is 36.4 Å². The van der Waals surface area contributed by atoms with Crippen LogP contribution in [-0.4, -0.2) is 64.6 Å². The number of hydrogen-bond donors (Lipinski definition) is 3. The summed E-state index contributed by atoms with van der Waals surface area (Å²) in [4.78, 5) is 33.4. The number of ether oxygens (including phenoxy) is 7. The maximum Gasteiger partial charge on any atom is 0.519 e. The van der Waals surface area contributed by atoms with Crippen LogP contribution in [0.5, 0.6) is 23.0 Å². The number of hydrogen-bond acceptors (Lipinski definition) is 13. The summed E-state index contributed by atoms with van der Waals surface area (Å²) >= 11 is 2.29. The number of nitrogens with one attached hydrogen (secondary N) is 1. The van der Waals surface area contributed by atoms with Crippen LogP contribution in [0.25, 0.3) is 0 Å². The van der Waals surface area contributed by atoms with Gasteiger partial charge in [-0.3, -0.25) is 0 Å². The standard InChI is InChI=1S/C14H19F2NO3.C10H18O5.C9H11F2NO.C9H7F2NO.C7H3F2NO.C2H5I.ClH/c1-5-19-12-10(15)6-9(7-11(12)16)8-17-13(18)20-14(2,3)4;1-9(2,3)14-7(11)13-8(12)15-10(4,5)6;2*1-2-13-9-7(10)3-6(5-12)4-8(9)11;8-5-1-4(3-10)2-6(9)7(5)11;1-2-3;/h6-7H,5,8H2,1-4H3,(H,17,18);1-6H3;3-4H,2,5,12H2,1H3;3-4H,2H2,1H3;1-2,11H;2H2,1H3;1H. The topological polar surface area (TPSA) is 223 Å². The number of alkyl carbamates (subject to hydrolysis) is 1. The van der Waals surface area contributed by atoms with Gasteiger partial charge in [0.15, 0.2) is 69.5 Å². The number of carbonyl (C=O) groups is 3. The van der Waals surface area contributed by atoms with Gasteiger partial charge >= 0.3 is 18.4 Å². The van der Waals surface area contributed by atoms with E-state index in [4.69, 9.17) is 44.1 Å². The SMILES string of the molecule is CC(C)(C)OC(=O)OC(=O)OC(C)(C)C.CCI.CCOc1c(F)cc(C#N)cc1F.CCOc1c(F)cc(CNC(=O)OC(C)(C)C)cc1F.CCOc1c(F)cc(C[NH3+])cc1F.N#Cc1cc(F)c(O)c(F)c1.[Cl-]. The molecule has 5 N–H and O–H groups in total. The Hall–Kier alpha value is -6.51. The number of benzene rings is 4. The summed E-state index contributed by atoms with van der Waals surface area (Å²) in [6.07, 6.45) is -2.76. The van der Waals surface area contributed by atoms with Crippen molar-refractivity contribution in [1.29, 1.82) is 10.5 Å². The third kappa shape index (κ3) is 32.0. The van der Waals surface area contributed by atoms with Crippen molar-refractivity contribution in [2.24, 2.45) is 0 Å². The van der Waals surface area contributed by atoms with Gasteiger partial charge in [0.1, 0.15) is 16.8 Å².